The van der Waals surface area contributed by atoms with E-state index in [-0.39, 0.29) is 11.4 Å². The summed E-state index contributed by atoms with van der Waals surface area (Å²) in [6, 6.07) is 10.3. The summed E-state index contributed by atoms with van der Waals surface area (Å²) < 4.78 is 40.6. The Labute approximate surface area is 163 Å². The van der Waals surface area contributed by atoms with E-state index in [4.69, 9.17) is 9.47 Å². The number of sulfonamides is 1. The van der Waals surface area contributed by atoms with Crippen molar-refractivity contribution in [2.45, 2.75) is 17.9 Å². The summed E-state index contributed by atoms with van der Waals surface area (Å²) >= 11 is 0. The van der Waals surface area contributed by atoms with Gasteiger partial charge in [0, 0.05) is 43.2 Å². The molecular weight excluding hydrogens is 380 g/mol. The van der Waals surface area contributed by atoms with Crippen molar-refractivity contribution in [3.05, 3.63) is 55.0 Å². The van der Waals surface area contributed by atoms with Crippen LogP contribution in [-0.2, 0) is 16.6 Å². The molecule has 0 saturated carbocycles. The highest BCUT2D eigenvalue weighted by Crippen LogP contribution is 2.31. The van der Waals surface area contributed by atoms with Gasteiger partial charge in [0.2, 0.25) is 10.0 Å². The molecule has 0 spiro atoms. The molecule has 1 aliphatic rings. The molecule has 3 aromatic rings. The predicted octanol–water partition coefficient (Wildman–Crippen LogP) is 2.08. The zero-order valence-corrected chi connectivity index (χ0v) is 15.9. The van der Waals surface area contributed by atoms with Gasteiger partial charge in [-0.15, -0.1) is 0 Å². The zero-order valence-electron chi connectivity index (χ0n) is 15.1. The Kier molecular flexibility index (Phi) is 5.27. The summed E-state index contributed by atoms with van der Waals surface area (Å²) in [6.45, 7) is 1.69. The van der Waals surface area contributed by atoms with Gasteiger partial charge >= 0.3 is 0 Å². The molecule has 0 bridgehead atoms. The third-order valence-corrected chi connectivity index (χ3v) is 5.74. The highest BCUT2D eigenvalue weighted by atomic mass is 32.2. The van der Waals surface area contributed by atoms with Gasteiger partial charge in [-0.3, -0.25) is 9.67 Å². The van der Waals surface area contributed by atoms with Crippen LogP contribution >= 0.6 is 0 Å². The smallest absolute Gasteiger partial charge is 0.240 e. The molecule has 28 heavy (non-hydrogen) atoms. The van der Waals surface area contributed by atoms with Gasteiger partial charge in [-0.1, -0.05) is 0 Å². The van der Waals surface area contributed by atoms with Crippen molar-refractivity contribution in [2.24, 2.45) is 0 Å². The summed E-state index contributed by atoms with van der Waals surface area (Å²) in [7, 11) is -3.66. The summed E-state index contributed by atoms with van der Waals surface area (Å²) in [6.07, 6.45) is 5.99. The highest BCUT2D eigenvalue weighted by molar-refractivity contribution is 7.89. The minimum atomic E-state index is -3.66. The molecule has 0 amide bonds. The van der Waals surface area contributed by atoms with Crippen LogP contribution in [0.15, 0.2) is 59.9 Å². The van der Waals surface area contributed by atoms with Crippen molar-refractivity contribution in [3.63, 3.8) is 0 Å². The average molecular weight is 400 g/mol. The first-order valence-corrected chi connectivity index (χ1v) is 10.4. The standard InChI is InChI=1S/C19H20N4O4S/c24-28(25,16-2-3-18-19(14-16)27-13-1-12-26-18)21-9-11-23-10-6-17(22-23)15-4-7-20-8-5-15/h2-8,10,14,21H,1,9,11-13H2. The zero-order chi connectivity index (χ0) is 19.4. The molecule has 4 rings (SSSR count). The molecule has 0 saturated heterocycles. The second-order valence-electron chi connectivity index (χ2n) is 6.26. The predicted molar refractivity (Wildman–Crippen MR) is 103 cm³/mol. The lowest BCUT2D eigenvalue weighted by molar-refractivity contribution is 0.297. The van der Waals surface area contributed by atoms with Gasteiger partial charge in [0.15, 0.2) is 11.5 Å². The maximum Gasteiger partial charge on any atom is 0.240 e. The number of fused-ring (bicyclic) bond motifs is 1. The fourth-order valence-electron chi connectivity index (χ4n) is 2.85. The number of nitrogens with one attached hydrogen (secondary N) is 1. The quantitative estimate of drug-likeness (QED) is 0.681. The van der Waals surface area contributed by atoms with Crippen molar-refractivity contribution >= 4 is 10.0 Å². The molecule has 1 N–H and O–H groups in total. The molecule has 8 nitrogen and oxygen atoms in total. The van der Waals surface area contributed by atoms with Crippen molar-refractivity contribution in [1.82, 2.24) is 19.5 Å². The van der Waals surface area contributed by atoms with Gasteiger partial charge in [0.25, 0.3) is 0 Å². The van der Waals surface area contributed by atoms with E-state index in [1.807, 2.05) is 24.4 Å². The highest BCUT2D eigenvalue weighted by Gasteiger charge is 2.18. The molecule has 2 aromatic heterocycles. The van der Waals surface area contributed by atoms with Crippen LogP contribution in [0, 0.1) is 0 Å². The first-order chi connectivity index (χ1) is 13.6. The van der Waals surface area contributed by atoms with Crippen LogP contribution in [0.1, 0.15) is 6.42 Å². The molecule has 0 atom stereocenters. The van der Waals surface area contributed by atoms with E-state index >= 15 is 0 Å². The molecule has 3 heterocycles. The van der Waals surface area contributed by atoms with E-state index in [0.717, 1.165) is 17.7 Å². The summed E-state index contributed by atoms with van der Waals surface area (Å²) in [5.41, 5.74) is 1.77. The van der Waals surface area contributed by atoms with Gasteiger partial charge in [-0.05, 0) is 30.3 Å². The van der Waals surface area contributed by atoms with E-state index < -0.39 is 10.0 Å². The minimum Gasteiger partial charge on any atom is -0.490 e. The van der Waals surface area contributed by atoms with Gasteiger partial charge in [-0.2, -0.15) is 5.10 Å². The lowest BCUT2D eigenvalue weighted by Crippen LogP contribution is -2.27. The van der Waals surface area contributed by atoms with Crippen LogP contribution < -0.4 is 14.2 Å². The van der Waals surface area contributed by atoms with E-state index in [0.29, 0.717) is 31.3 Å². The Morgan fingerprint density at radius 1 is 1.04 bits per heavy atom. The van der Waals surface area contributed by atoms with Crippen LogP contribution in [0.4, 0.5) is 0 Å². The number of hydrogen-bond donors (Lipinski definition) is 1. The fourth-order valence-corrected chi connectivity index (χ4v) is 3.89. The van der Waals surface area contributed by atoms with Crippen LogP contribution in [0.3, 0.4) is 0 Å². The number of ether oxygens (including phenoxy) is 2. The third kappa shape index (κ3) is 4.15. The van der Waals surface area contributed by atoms with E-state index in [1.165, 1.54) is 12.1 Å². The first kappa shape index (κ1) is 18.5. The lowest BCUT2D eigenvalue weighted by Gasteiger charge is -2.11. The van der Waals surface area contributed by atoms with Gasteiger partial charge in [0.05, 0.1) is 30.3 Å². The number of aromatic nitrogens is 3. The van der Waals surface area contributed by atoms with Gasteiger partial charge < -0.3 is 9.47 Å². The maximum absolute atomic E-state index is 12.6. The van der Waals surface area contributed by atoms with Crippen LogP contribution in [0.2, 0.25) is 0 Å². The summed E-state index contributed by atoms with van der Waals surface area (Å²) in [5, 5.41) is 4.46. The van der Waals surface area contributed by atoms with E-state index in [9.17, 15) is 8.42 Å². The lowest BCUT2D eigenvalue weighted by atomic mass is 10.2. The first-order valence-electron chi connectivity index (χ1n) is 8.95. The average Bonchev–Trinajstić information content (AvgIpc) is 3.05. The summed E-state index contributed by atoms with van der Waals surface area (Å²) in [4.78, 5) is 4.13. The molecule has 9 heteroatoms. The molecule has 1 aromatic carbocycles. The topological polar surface area (TPSA) is 95.3 Å². The Morgan fingerprint density at radius 3 is 2.64 bits per heavy atom. The third-order valence-electron chi connectivity index (χ3n) is 4.28. The number of pyridine rings is 1. The number of rotatable bonds is 6. The molecule has 0 unspecified atom stereocenters. The fraction of sp³-hybridized carbons (Fsp3) is 0.263. The summed E-state index contributed by atoms with van der Waals surface area (Å²) in [5.74, 6) is 1.02. The van der Waals surface area contributed by atoms with Crippen molar-refractivity contribution in [1.29, 1.82) is 0 Å². The second-order valence-corrected chi connectivity index (χ2v) is 8.02. The van der Waals surface area contributed by atoms with Crippen molar-refractivity contribution in [2.75, 3.05) is 19.8 Å². The van der Waals surface area contributed by atoms with Gasteiger partial charge in [0.1, 0.15) is 0 Å². The van der Waals surface area contributed by atoms with E-state index in [2.05, 4.69) is 14.8 Å². The SMILES string of the molecule is O=S(=O)(NCCn1ccc(-c2ccncc2)n1)c1ccc2c(c1)OCCCO2. The van der Waals surface area contributed by atoms with Crippen LogP contribution in [0.25, 0.3) is 11.3 Å². The monoisotopic (exact) mass is 400 g/mol. The number of benzene rings is 1. The molecule has 0 fully saturated rings. The maximum atomic E-state index is 12.6. The minimum absolute atomic E-state index is 0.148. The molecule has 146 valence electrons. The largest absolute Gasteiger partial charge is 0.490 e. The van der Waals surface area contributed by atoms with Crippen LogP contribution in [0.5, 0.6) is 11.5 Å². The molecular formula is C19H20N4O4S. The Bertz CT molecular complexity index is 1050. The normalized spacial score (nSPS) is 13.9. The van der Waals surface area contributed by atoms with Gasteiger partial charge in [-0.25, -0.2) is 13.1 Å². The molecule has 0 aliphatic carbocycles. The molecule has 0 radical (unpaired) electrons. The number of nitrogens with zero attached hydrogens (tertiary/aromatic N) is 3. The van der Waals surface area contributed by atoms with Crippen LogP contribution in [-0.4, -0.2) is 42.9 Å². The number of hydrogen-bond acceptors (Lipinski definition) is 6. The second kappa shape index (κ2) is 7.99. The Morgan fingerprint density at radius 2 is 1.82 bits per heavy atom. The van der Waals surface area contributed by atoms with E-state index in [1.54, 1.807) is 23.1 Å². The van der Waals surface area contributed by atoms with Crippen molar-refractivity contribution < 1.29 is 17.9 Å². The van der Waals surface area contributed by atoms with Crippen molar-refractivity contribution in [3.8, 4) is 22.8 Å². The Hall–Kier alpha value is -2.91. The molecule has 1 aliphatic heterocycles. The Balaban J connectivity index is 1.39.